The van der Waals surface area contributed by atoms with E-state index in [-0.39, 0.29) is 12.7 Å². The first-order valence-corrected chi connectivity index (χ1v) is 12.3. The van der Waals surface area contributed by atoms with Gasteiger partial charge >= 0.3 is 13.9 Å². The van der Waals surface area contributed by atoms with Crippen LogP contribution in [-0.2, 0) is 15.5 Å². The number of piperidine rings is 1. The van der Waals surface area contributed by atoms with Gasteiger partial charge in [0.05, 0.1) is 25.1 Å². The molecule has 0 atom stereocenters. The summed E-state index contributed by atoms with van der Waals surface area (Å²) >= 11 is 0. The highest BCUT2D eigenvalue weighted by Crippen LogP contribution is 2.37. The average molecular weight is 496 g/mol. The van der Waals surface area contributed by atoms with Crippen LogP contribution in [0.3, 0.4) is 0 Å². The lowest BCUT2D eigenvalue weighted by Gasteiger charge is -2.30. The number of phosphoric ester groups is 1. The van der Waals surface area contributed by atoms with Crippen molar-refractivity contribution in [1.29, 1.82) is 0 Å². The maximum Gasteiger partial charge on any atom is 0.469 e. The van der Waals surface area contributed by atoms with Crippen molar-refractivity contribution in [2.24, 2.45) is 0 Å². The fourth-order valence-electron chi connectivity index (χ4n) is 3.60. The number of carboxylic acid groups (broad SMARTS) is 1. The number of pyridine rings is 2. The zero-order valence-electron chi connectivity index (χ0n) is 19.0. The summed E-state index contributed by atoms with van der Waals surface area (Å²) < 4.78 is 26.9. The van der Waals surface area contributed by atoms with Crippen LogP contribution in [0.1, 0.15) is 30.7 Å². The zero-order chi connectivity index (χ0) is 24.7. The van der Waals surface area contributed by atoms with E-state index in [1.807, 2.05) is 19.1 Å². The Morgan fingerprint density at radius 2 is 2.00 bits per heavy atom. The van der Waals surface area contributed by atoms with Gasteiger partial charge in [0.2, 0.25) is 5.75 Å². The zero-order valence-corrected chi connectivity index (χ0v) is 19.9. The third-order valence-electron chi connectivity index (χ3n) is 5.31. The van der Waals surface area contributed by atoms with E-state index in [1.165, 1.54) is 12.0 Å². The minimum absolute atomic E-state index is 0.0613. The van der Waals surface area contributed by atoms with Crippen molar-refractivity contribution in [2.75, 3.05) is 32.1 Å². The summed E-state index contributed by atoms with van der Waals surface area (Å²) in [7, 11) is -2.94. The van der Waals surface area contributed by atoms with Crippen LogP contribution < -0.4 is 14.8 Å². The molecule has 0 saturated carbocycles. The number of methoxy groups -OCH3 is 1. The van der Waals surface area contributed by atoms with Crippen LogP contribution in [-0.4, -0.2) is 68.8 Å². The summed E-state index contributed by atoms with van der Waals surface area (Å²) in [5.41, 5.74) is 2.19. The number of likely N-dealkylation sites (tertiary alicyclic amines) is 1. The summed E-state index contributed by atoms with van der Waals surface area (Å²) in [6, 6.07) is 5.37. The van der Waals surface area contributed by atoms with Crippen molar-refractivity contribution in [1.82, 2.24) is 14.9 Å². The normalized spacial score (nSPS) is 14.6. The number of hydrogen-bond acceptors (Lipinski definition) is 8. The maximum atomic E-state index is 11.1. The molecule has 0 spiro atoms. The number of hydrogen-bond donors (Lipinski definition) is 4. The van der Waals surface area contributed by atoms with Crippen LogP contribution in [0.25, 0.3) is 0 Å². The lowest BCUT2D eigenvalue weighted by atomic mass is 10.1. The van der Waals surface area contributed by atoms with Gasteiger partial charge in [0.15, 0.2) is 11.6 Å². The van der Waals surface area contributed by atoms with E-state index in [2.05, 4.69) is 19.8 Å². The fourth-order valence-corrected chi connectivity index (χ4v) is 3.97. The number of phosphoric acid groups is 1. The van der Waals surface area contributed by atoms with Gasteiger partial charge in [-0.1, -0.05) is 0 Å². The number of rotatable bonds is 10. The first-order chi connectivity index (χ1) is 16.2. The molecule has 1 amide bonds. The Balaban J connectivity index is 1.64. The highest BCUT2D eigenvalue weighted by atomic mass is 31.2. The molecule has 0 aliphatic carbocycles. The third kappa shape index (κ3) is 7.29. The monoisotopic (exact) mass is 496 g/mol. The topological polar surface area (TPSA) is 164 Å². The van der Waals surface area contributed by atoms with Gasteiger partial charge in [-0.3, -0.25) is 9.51 Å². The van der Waals surface area contributed by atoms with E-state index < -0.39 is 13.9 Å². The van der Waals surface area contributed by atoms with Gasteiger partial charge in [0.1, 0.15) is 6.10 Å². The lowest BCUT2D eigenvalue weighted by molar-refractivity contribution is 0.0878. The number of carbonyl (C=O) groups is 1. The van der Waals surface area contributed by atoms with Crippen LogP contribution in [0.4, 0.5) is 16.3 Å². The molecule has 0 unspecified atom stereocenters. The van der Waals surface area contributed by atoms with Crippen LogP contribution in [0.2, 0.25) is 0 Å². The van der Waals surface area contributed by atoms with Gasteiger partial charge < -0.3 is 34.6 Å². The Hall–Kier alpha value is -2.92. The number of nitrogens with zero attached hydrogens (tertiary/aromatic N) is 3. The number of anilines is 2. The second-order valence-corrected chi connectivity index (χ2v) is 9.01. The van der Waals surface area contributed by atoms with E-state index in [1.54, 1.807) is 12.3 Å². The molecule has 4 N–H and O–H groups in total. The predicted octanol–water partition coefficient (Wildman–Crippen LogP) is 3.10. The summed E-state index contributed by atoms with van der Waals surface area (Å²) in [6.07, 6.45) is 2.66. The molecule has 0 aromatic carbocycles. The van der Waals surface area contributed by atoms with Gasteiger partial charge in [-0.05, 0) is 31.9 Å². The van der Waals surface area contributed by atoms with E-state index in [9.17, 15) is 9.36 Å². The first-order valence-electron chi connectivity index (χ1n) is 10.8. The summed E-state index contributed by atoms with van der Waals surface area (Å²) in [5, 5.41) is 12.3. The Morgan fingerprint density at radius 1 is 1.26 bits per heavy atom. The van der Waals surface area contributed by atoms with E-state index in [0.717, 1.165) is 5.69 Å². The molecule has 1 saturated heterocycles. The summed E-state index contributed by atoms with van der Waals surface area (Å²) in [6.45, 7) is 2.61. The second-order valence-electron chi connectivity index (χ2n) is 7.77. The fraction of sp³-hybridized carbons (Fsp3) is 0.476. The maximum absolute atomic E-state index is 11.1. The largest absolute Gasteiger partial charge is 0.490 e. The van der Waals surface area contributed by atoms with Gasteiger partial charge in [0, 0.05) is 43.9 Å². The number of ether oxygens (including phenoxy) is 2. The number of aromatic nitrogens is 2. The Bertz CT molecular complexity index is 1040. The van der Waals surface area contributed by atoms with Gasteiger partial charge in [-0.2, -0.15) is 0 Å². The molecule has 1 fully saturated rings. The van der Waals surface area contributed by atoms with E-state index in [0.29, 0.717) is 67.5 Å². The Morgan fingerprint density at radius 3 is 2.62 bits per heavy atom. The van der Waals surface area contributed by atoms with Gasteiger partial charge in [-0.25, -0.2) is 14.3 Å². The minimum Gasteiger partial charge on any atom is -0.490 e. The highest BCUT2D eigenvalue weighted by Gasteiger charge is 2.25. The van der Waals surface area contributed by atoms with Crippen molar-refractivity contribution in [2.45, 2.75) is 38.7 Å². The molecule has 0 radical (unpaired) electrons. The predicted molar refractivity (Wildman–Crippen MR) is 123 cm³/mol. The van der Waals surface area contributed by atoms with Crippen LogP contribution >= 0.6 is 7.82 Å². The Labute approximate surface area is 197 Å². The molecule has 34 heavy (non-hydrogen) atoms. The van der Waals surface area contributed by atoms with Crippen molar-refractivity contribution in [3.63, 3.8) is 0 Å². The van der Waals surface area contributed by atoms with Gasteiger partial charge in [0.25, 0.3) is 0 Å². The molecule has 2 aromatic rings. The molecule has 3 heterocycles. The molecule has 3 rings (SSSR count). The number of amides is 1. The van der Waals surface area contributed by atoms with Crippen molar-refractivity contribution >= 4 is 25.4 Å². The molecule has 186 valence electrons. The van der Waals surface area contributed by atoms with E-state index in [4.69, 9.17) is 24.4 Å². The van der Waals surface area contributed by atoms with Crippen LogP contribution in [0, 0.1) is 6.92 Å². The van der Waals surface area contributed by atoms with Crippen LogP contribution in [0.15, 0.2) is 24.4 Å². The van der Waals surface area contributed by atoms with Crippen molar-refractivity contribution in [3.05, 3.63) is 35.8 Å². The van der Waals surface area contributed by atoms with Gasteiger partial charge in [-0.15, -0.1) is 0 Å². The third-order valence-corrected chi connectivity index (χ3v) is 5.83. The van der Waals surface area contributed by atoms with Crippen LogP contribution in [0.5, 0.6) is 11.5 Å². The average Bonchev–Trinajstić information content (AvgIpc) is 2.78. The molecule has 13 heteroatoms. The first kappa shape index (κ1) is 25.7. The smallest absolute Gasteiger partial charge is 0.469 e. The summed E-state index contributed by atoms with van der Waals surface area (Å²) in [4.78, 5) is 38.8. The SMILES string of the molecule is COc1c(OC2CCN(C(=O)O)CC2)ccnc1Nc1ccc(CCCOP(=O)(O)O)nc1C. The molecular weight excluding hydrogens is 467 g/mol. The van der Waals surface area contributed by atoms with Crippen molar-refractivity contribution < 1.29 is 38.3 Å². The minimum atomic E-state index is -4.46. The molecule has 1 aliphatic heterocycles. The lowest BCUT2D eigenvalue weighted by Crippen LogP contribution is -2.41. The quantitative estimate of drug-likeness (QED) is 0.282. The van der Waals surface area contributed by atoms with Crippen molar-refractivity contribution in [3.8, 4) is 11.5 Å². The summed E-state index contributed by atoms with van der Waals surface area (Å²) in [5.74, 6) is 1.40. The molecular formula is C21H29N4O8P. The molecule has 2 aromatic heterocycles. The number of nitrogens with one attached hydrogen (secondary N) is 1. The molecule has 0 bridgehead atoms. The second kappa shape index (κ2) is 11.5. The highest BCUT2D eigenvalue weighted by molar-refractivity contribution is 7.46. The molecule has 1 aliphatic rings. The Kier molecular flexibility index (Phi) is 8.67. The number of aryl methyl sites for hydroxylation is 2. The molecule has 12 nitrogen and oxygen atoms in total. The van der Waals surface area contributed by atoms with E-state index >= 15 is 0 Å². The standard InChI is InChI=1S/C21H29N4O8P/c1-14-17(6-5-15(23-14)4-3-13-32-34(28,29)30)24-20-19(31-2)18(7-10-22-20)33-16-8-11-25(12-9-16)21(26)27/h5-7,10,16H,3-4,8-9,11-13H2,1-2H3,(H,22,24)(H,26,27)(H2,28,29,30).